The van der Waals surface area contributed by atoms with E-state index in [1.165, 1.54) is 11.1 Å². The topological polar surface area (TPSA) is 58.6 Å². The van der Waals surface area contributed by atoms with Gasteiger partial charge in [0.15, 0.2) is 0 Å². The van der Waals surface area contributed by atoms with E-state index in [0.717, 1.165) is 12.0 Å². The normalized spacial score (nSPS) is 10.2. The molecule has 0 unspecified atom stereocenters. The van der Waals surface area contributed by atoms with Gasteiger partial charge in [-0.25, -0.2) is 5.48 Å². The number of nitrogens with one attached hydrogen (secondary N) is 1. The molecule has 0 aliphatic heterocycles. The number of carbonyl (C=O) groups excluding carboxylic acids is 1. The Hall–Kier alpha value is -2.33. The van der Waals surface area contributed by atoms with Gasteiger partial charge in [0.05, 0.1) is 13.0 Å². The molecule has 0 bridgehead atoms. The molecule has 2 rings (SSSR count). The average Bonchev–Trinajstić information content (AvgIpc) is 2.55. The number of rotatable bonds is 6. The lowest BCUT2D eigenvalue weighted by Crippen LogP contribution is -2.20. The second kappa shape index (κ2) is 7.45. The quantitative estimate of drug-likeness (QED) is 0.633. The molecule has 0 radical (unpaired) electrons. The summed E-state index contributed by atoms with van der Waals surface area (Å²) in [6, 6.07) is 16.2. The molecule has 0 saturated heterocycles. The van der Waals surface area contributed by atoms with Gasteiger partial charge in [0.1, 0.15) is 5.75 Å². The first-order chi connectivity index (χ1) is 10.2. The number of hydrogen-bond donors (Lipinski definition) is 2. The van der Waals surface area contributed by atoms with Gasteiger partial charge < -0.3 is 4.74 Å². The molecule has 1 amide bonds. The van der Waals surface area contributed by atoms with E-state index in [-0.39, 0.29) is 13.0 Å². The van der Waals surface area contributed by atoms with Crippen molar-refractivity contribution >= 4 is 5.91 Å². The van der Waals surface area contributed by atoms with Crippen molar-refractivity contribution in [1.82, 2.24) is 5.48 Å². The number of hydroxylamine groups is 1. The summed E-state index contributed by atoms with van der Waals surface area (Å²) in [4.78, 5) is 10.9. The molecule has 4 heteroatoms. The van der Waals surface area contributed by atoms with Crippen LogP contribution in [0.2, 0.25) is 0 Å². The first-order valence-corrected chi connectivity index (χ1v) is 6.98. The molecule has 0 atom stereocenters. The lowest BCUT2D eigenvalue weighted by molar-refractivity contribution is -0.129. The Labute approximate surface area is 124 Å². The van der Waals surface area contributed by atoms with Crippen LogP contribution >= 0.6 is 0 Å². The van der Waals surface area contributed by atoms with E-state index in [9.17, 15) is 4.79 Å². The molecule has 110 valence electrons. The molecule has 4 nitrogen and oxygen atoms in total. The largest absolute Gasteiger partial charge is 0.493 e. The fourth-order valence-corrected chi connectivity index (χ4v) is 2.03. The summed E-state index contributed by atoms with van der Waals surface area (Å²) >= 11 is 0. The van der Waals surface area contributed by atoms with Crippen molar-refractivity contribution in [1.29, 1.82) is 0 Å². The molecular weight excluding hydrogens is 266 g/mol. The molecule has 0 spiro atoms. The number of carbonyl (C=O) groups is 1. The van der Waals surface area contributed by atoms with Crippen molar-refractivity contribution in [3.63, 3.8) is 0 Å². The molecule has 0 heterocycles. The van der Waals surface area contributed by atoms with Gasteiger partial charge in [-0.15, -0.1) is 0 Å². The highest BCUT2D eigenvalue weighted by Gasteiger charge is 2.02. The van der Waals surface area contributed by atoms with Crippen molar-refractivity contribution in [3.8, 4) is 16.9 Å². The van der Waals surface area contributed by atoms with Gasteiger partial charge in [0, 0.05) is 0 Å². The highest BCUT2D eigenvalue weighted by atomic mass is 16.5. The summed E-state index contributed by atoms with van der Waals surface area (Å²) in [5.41, 5.74) is 5.19. The van der Waals surface area contributed by atoms with Gasteiger partial charge in [-0.2, -0.15) is 0 Å². The van der Waals surface area contributed by atoms with E-state index in [0.29, 0.717) is 5.75 Å². The van der Waals surface area contributed by atoms with Crippen molar-refractivity contribution < 1.29 is 14.7 Å². The molecule has 0 fully saturated rings. The maximum Gasteiger partial charge on any atom is 0.246 e. The van der Waals surface area contributed by atoms with Crippen molar-refractivity contribution in [2.24, 2.45) is 0 Å². The van der Waals surface area contributed by atoms with Gasteiger partial charge in [0.25, 0.3) is 0 Å². The summed E-state index contributed by atoms with van der Waals surface area (Å²) in [6.45, 7) is 2.37. The Morgan fingerprint density at radius 2 is 1.90 bits per heavy atom. The average molecular weight is 285 g/mol. The fourth-order valence-electron chi connectivity index (χ4n) is 2.03. The summed E-state index contributed by atoms with van der Waals surface area (Å²) in [5.74, 6) is 0.249. The molecule has 0 saturated carbocycles. The van der Waals surface area contributed by atoms with E-state index in [1.54, 1.807) is 5.48 Å². The second-order valence-electron chi connectivity index (χ2n) is 4.71. The van der Waals surface area contributed by atoms with Crippen LogP contribution in [0, 0.1) is 0 Å². The minimum atomic E-state index is -0.456. The number of aryl methyl sites for hydroxylation is 1. The van der Waals surface area contributed by atoms with E-state index < -0.39 is 5.91 Å². The highest BCUT2D eigenvalue weighted by Crippen LogP contribution is 2.23. The maximum atomic E-state index is 10.9. The molecular formula is C17H19NO3. The molecule has 21 heavy (non-hydrogen) atoms. The maximum absolute atomic E-state index is 10.9. The summed E-state index contributed by atoms with van der Waals surface area (Å²) < 4.78 is 5.44. The molecule has 0 aliphatic carbocycles. The monoisotopic (exact) mass is 285 g/mol. The van der Waals surface area contributed by atoms with Gasteiger partial charge >= 0.3 is 0 Å². The Morgan fingerprint density at radius 1 is 1.14 bits per heavy atom. The fraction of sp³-hybridized carbons (Fsp3) is 0.235. The Balaban J connectivity index is 1.99. The number of amides is 1. The van der Waals surface area contributed by atoms with Crippen LogP contribution in [0.15, 0.2) is 48.5 Å². The third-order valence-corrected chi connectivity index (χ3v) is 3.25. The predicted octanol–water partition coefficient (Wildman–Crippen LogP) is 3.19. The lowest BCUT2D eigenvalue weighted by Gasteiger charge is -2.08. The van der Waals surface area contributed by atoms with Gasteiger partial charge in [-0.3, -0.25) is 10.0 Å². The summed E-state index contributed by atoms with van der Waals surface area (Å²) in [5, 5.41) is 8.38. The third kappa shape index (κ3) is 4.33. The first-order valence-electron chi connectivity index (χ1n) is 6.98. The van der Waals surface area contributed by atoms with Gasteiger partial charge in [-0.05, 0) is 35.2 Å². The van der Waals surface area contributed by atoms with E-state index in [1.807, 2.05) is 24.3 Å². The van der Waals surface area contributed by atoms with Crippen LogP contribution in [0.3, 0.4) is 0 Å². The third-order valence-electron chi connectivity index (χ3n) is 3.25. The number of benzene rings is 2. The Bertz CT molecular complexity index is 593. The van der Waals surface area contributed by atoms with E-state index in [2.05, 4.69) is 31.2 Å². The van der Waals surface area contributed by atoms with Crippen molar-refractivity contribution in [2.75, 3.05) is 6.61 Å². The van der Waals surface area contributed by atoms with Gasteiger partial charge in [-0.1, -0.05) is 43.3 Å². The zero-order valence-electron chi connectivity index (χ0n) is 12.0. The van der Waals surface area contributed by atoms with Gasteiger partial charge in [0.2, 0.25) is 5.91 Å². The smallest absolute Gasteiger partial charge is 0.246 e. The molecule has 2 aromatic carbocycles. The number of hydrogen-bond acceptors (Lipinski definition) is 3. The van der Waals surface area contributed by atoms with Crippen LogP contribution in [0.4, 0.5) is 0 Å². The summed E-state index contributed by atoms with van der Waals surface area (Å²) in [7, 11) is 0. The van der Waals surface area contributed by atoms with Crippen LogP contribution in [-0.4, -0.2) is 17.7 Å². The zero-order valence-corrected chi connectivity index (χ0v) is 12.0. The van der Waals surface area contributed by atoms with Crippen LogP contribution in [0.1, 0.15) is 18.9 Å². The van der Waals surface area contributed by atoms with Crippen LogP contribution in [-0.2, 0) is 11.2 Å². The zero-order chi connectivity index (χ0) is 15.1. The molecule has 2 aromatic rings. The van der Waals surface area contributed by atoms with E-state index in [4.69, 9.17) is 9.94 Å². The molecule has 2 N–H and O–H groups in total. The number of ether oxygens (including phenoxy) is 1. The first kappa shape index (κ1) is 15.1. The Morgan fingerprint density at radius 3 is 2.57 bits per heavy atom. The van der Waals surface area contributed by atoms with Crippen LogP contribution < -0.4 is 10.2 Å². The van der Waals surface area contributed by atoms with Crippen LogP contribution in [0.25, 0.3) is 11.1 Å². The predicted molar refractivity (Wildman–Crippen MR) is 81.3 cm³/mol. The Kier molecular flexibility index (Phi) is 5.35. The standard InChI is InChI=1S/C17H19NO3/c1-2-13-4-3-5-15(12-13)14-6-8-16(9-7-14)21-11-10-17(19)18-20/h3-9,12,20H,2,10-11H2,1H3,(H,18,19). The SMILES string of the molecule is CCc1cccc(-c2ccc(OCCC(=O)NO)cc2)c1. The van der Waals surface area contributed by atoms with Crippen molar-refractivity contribution in [3.05, 3.63) is 54.1 Å². The van der Waals surface area contributed by atoms with E-state index >= 15 is 0 Å². The molecule has 0 aliphatic rings. The molecule has 0 aromatic heterocycles. The van der Waals surface area contributed by atoms with Crippen molar-refractivity contribution in [2.45, 2.75) is 19.8 Å². The summed E-state index contributed by atoms with van der Waals surface area (Å²) in [6.07, 6.45) is 1.14. The lowest BCUT2D eigenvalue weighted by atomic mass is 10.0. The minimum Gasteiger partial charge on any atom is -0.493 e. The highest BCUT2D eigenvalue weighted by molar-refractivity contribution is 5.74. The van der Waals surface area contributed by atoms with Crippen LogP contribution in [0.5, 0.6) is 5.75 Å². The second-order valence-corrected chi connectivity index (χ2v) is 4.71. The minimum absolute atomic E-state index is 0.122.